The lowest BCUT2D eigenvalue weighted by Gasteiger charge is -2.40. The fourth-order valence-electron chi connectivity index (χ4n) is 8.71. The highest BCUT2D eigenvalue weighted by atomic mass is 35.5. The Morgan fingerprint density at radius 1 is 0.826 bits per heavy atom. The lowest BCUT2D eigenvalue weighted by molar-refractivity contribution is -0.0436. The van der Waals surface area contributed by atoms with E-state index in [1.54, 1.807) is 31.2 Å². The molecule has 0 bridgehead atoms. The number of sulfone groups is 1. The van der Waals surface area contributed by atoms with E-state index in [-0.39, 0.29) is 23.4 Å². The van der Waals surface area contributed by atoms with Crippen molar-refractivity contribution in [3.05, 3.63) is 137 Å². The van der Waals surface area contributed by atoms with E-state index >= 15 is 0 Å². The van der Waals surface area contributed by atoms with Crippen molar-refractivity contribution in [1.82, 2.24) is 14.5 Å². The van der Waals surface area contributed by atoms with Crippen molar-refractivity contribution >= 4 is 60.5 Å². The summed E-state index contributed by atoms with van der Waals surface area (Å²) < 4.78 is 111. The molecule has 0 spiro atoms. The first-order valence-electron chi connectivity index (χ1n) is 22.4. The van der Waals surface area contributed by atoms with Crippen LogP contribution >= 0.6 is 23.4 Å². The van der Waals surface area contributed by atoms with Gasteiger partial charge >= 0.3 is 5.51 Å². The first-order chi connectivity index (χ1) is 32.8. The van der Waals surface area contributed by atoms with Gasteiger partial charge in [-0.3, -0.25) is 14.6 Å². The number of carbonyl (C=O) groups is 1. The van der Waals surface area contributed by atoms with E-state index in [0.717, 1.165) is 39.4 Å². The number of amides is 1. The van der Waals surface area contributed by atoms with Gasteiger partial charge in [0, 0.05) is 73.0 Å². The molecular formula is C49H54ClF4N5O7S3. The molecule has 0 aromatic heterocycles. The van der Waals surface area contributed by atoms with Crippen LogP contribution in [0.4, 0.5) is 28.9 Å². The van der Waals surface area contributed by atoms with E-state index in [1.807, 2.05) is 76.4 Å². The molecule has 4 atom stereocenters. The summed E-state index contributed by atoms with van der Waals surface area (Å²) in [5, 5.41) is 24.6. The van der Waals surface area contributed by atoms with E-state index in [0.29, 0.717) is 69.6 Å². The van der Waals surface area contributed by atoms with Gasteiger partial charge in [0.05, 0.1) is 28.2 Å². The molecule has 69 heavy (non-hydrogen) atoms. The molecule has 0 aliphatic carbocycles. The second kappa shape index (κ2) is 22.6. The molecule has 2 saturated heterocycles. The average molecular weight is 1030 g/mol. The predicted octanol–water partition coefficient (Wildman–Crippen LogP) is 8.63. The van der Waals surface area contributed by atoms with E-state index < -0.39 is 71.7 Å². The number of anilines is 2. The number of β-amino-alcohol motifs (C(OH)–C–C–N with tert-alkyl or cyclic N) is 1. The second-order valence-corrected chi connectivity index (χ2v) is 22.5. The zero-order valence-electron chi connectivity index (χ0n) is 37.6. The lowest BCUT2D eigenvalue weighted by Crippen LogP contribution is -2.51. The smallest absolute Gasteiger partial charge is 0.389 e. The van der Waals surface area contributed by atoms with Crippen molar-refractivity contribution in [2.45, 2.75) is 70.0 Å². The number of hydrogen-bond donors (Lipinski definition) is 4. The summed E-state index contributed by atoms with van der Waals surface area (Å²) in [6, 6.07) is 32.3. The quantitative estimate of drug-likeness (QED) is 0.0490. The van der Waals surface area contributed by atoms with Gasteiger partial charge in [-0.15, -0.1) is 11.8 Å². The minimum absolute atomic E-state index is 0.0308. The molecule has 20 heteroatoms. The van der Waals surface area contributed by atoms with Crippen LogP contribution in [0.3, 0.4) is 0 Å². The summed E-state index contributed by atoms with van der Waals surface area (Å²) >= 11 is 7.61. The molecule has 1 amide bonds. The van der Waals surface area contributed by atoms with Crippen LogP contribution in [0.2, 0.25) is 5.02 Å². The van der Waals surface area contributed by atoms with E-state index in [1.165, 1.54) is 23.9 Å². The number of piperazine rings is 1. The highest BCUT2D eigenvalue weighted by molar-refractivity contribution is 7.99. The van der Waals surface area contributed by atoms with Crippen LogP contribution < -0.4 is 14.9 Å². The number of benzene rings is 5. The minimum Gasteiger partial charge on any atom is -0.389 e. The summed E-state index contributed by atoms with van der Waals surface area (Å²) in [5.74, 6) is -1.11. The zero-order valence-corrected chi connectivity index (χ0v) is 40.8. The topological polar surface area (TPSA) is 160 Å². The molecule has 2 heterocycles. The monoisotopic (exact) mass is 1030 g/mol. The van der Waals surface area contributed by atoms with Crippen LogP contribution in [0.25, 0.3) is 11.1 Å². The number of aliphatic hydroxyl groups excluding tert-OH is 2. The molecule has 12 nitrogen and oxygen atoms in total. The fraction of sp³-hybridized carbons (Fsp3) is 0.367. The van der Waals surface area contributed by atoms with Crippen molar-refractivity contribution in [1.29, 1.82) is 0 Å². The third-order valence-corrected chi connectivity index (χ3v) is 16.8. The van der Waals surface area contributed by atoms with Crippen LogP contribution in [0.1, 0.15) is 48.2 Å². The van der Waals surface area contributed by atoms with Gasteiger partial charge in [0.15, 0.2) is 0 Å². The molecule has 370 valence electrons. The summed E-state index contributed by atoms with van der Waals surface area (Å²) in [5.41, 5.74) is -2.90. The number of alkyl halides is 4. The predicted molar refractivity (Wildman–Crippen MR) is 261 cm³/mol. The zero-order chi connectivity index (χ0) is 49.5. The maximum Gasteiger partial charge on any atom is 0.501 e. The van der Waals surface area contributed by atoms with Gasteiger partial charge in [-0.2, -0.15) is 13.2 Å². The van der Waals surface area contributed by atoms with Crippen molar-refractivity contribution in [2.75, 3.05) is 62.7 Å². The molecule has 7 rings (SSSR count). The van der Waals surface area contributed by atoms with Gasteiger partial charge in [-0.25, -0.2) is 25.9 Å². The maximum atomic E-state index is 14.2. The van der Waals surface area contributed by atoms with Gasteiger partial charge in [0.1, 0.15) is 11.6 Å². The molecule has 2 unspecified atom stereocenters. The maximum absolute atomic E-state index is 14.2. The summed E-state index contributed by atoms with van der Waals surface area (Å²) in [7, 11) is -11.0. The second-order valence-electron chi connectivity index (χ2n) is 17.3. The Balaban J connectivity index is 1.01. The summed E-state index contributed by atoms with van der Waals surface area (Å²) in [6.45, 7) is 4.33. The van der Waals surface area contributed by atoms with Crippen LogP contribution in [0.5, 0.6) is 0 Å². The Hall–Kier alpha value is -4.73. The molecule has 0 radical (unpaired) electrons. The van der Waals surface area contributed by atoms with Crippen LogP contribution in [0.15, 0.2) is 136 Å². The Morgan fingerprint density at radius 3 is 2.10 bits per heavy atom. The van der Waals surface area contributed by atoms with Crippen molar-refractivity contribution in [2.24, 2.45) is 5.92 Å². The summed E-state index contributed by atoms with van der Waals surface area (Å²) in [6.07, 6.45) is -0.187. The van der Waals surface area contributed by atoms with Gasteiger partial charge in [0.2, 0.25) is 0 Å². The van der Waals surface area contributed by atoms with Crippen molar-refractivity contribution in [3.63, 3.8) is 0 Å². The number of nitrogens with one attached hydrogen (secondary N) is 2. The standard InChI is InChI=1S/C49H54ClF4N5O7S3/c1-33(29-46(67-40-7-3-2-4-8-40)59-27-25-57(26-28-59)32-39(60)31-51)55-44-20-19-41(30-45(44)68(63,64)49(52,53)54)69(65,66)56-48(62)36-13-17-38(18-14-36)58-23-21-35(22-24-58)47(61)43-10-6-5-9-42(43)34-11-15-37(50)16-12-34/h2-20,30,33,35,39,46-47,55,60-61H,21-29,31-32H2,1H3,(H,56,62)/t33?,39-,46-,47?/m1/s1. The Kier molecular flexibility index (Phi) is 17.0. The number of halogens is 5. The third-order valence-electron chi connectivity index (χ3n) is 12.4. The van der Waals surface area contributed by atoms with Crippen molar-refractivity contribution < 1.29 is 49.4 Å². The molecule has 4 N–H and O–H groups in total. The number of thioether (sulfide) groups is 1. The molecule has 5 aromatic rings. The minimum atomic E-state index is -6.12. The number of nitrogens with zero attached hydrogens (tertiary/aromatic N) is 3. The van der Waals surface area contributed by atoms with Crippen LogP contribution in [0, 0.1) is 5.92 Å². The highest BCUT2D eigenvalue weighted by Gasteiger charge is 2.48. The van der Waals surface area contributed by atoms with Crippen molar-refractivity contribution in [3.8, 4) is 11.1 Å². The van der Waals surface area contributed by atoms with Gasteiger partial charge in [-0.05, 0) is 116 Å². The number of aliphatic hydroxyl groups is 2. The number of carbonyl (C=O) groups excluding carboxylic acids is 1. The number of hydrogen-bond acceptors (Lipinski definition) is 12. The Bertz CT molecular complexity index is 2750. The van der Waals surface area contributed by atoms with E-state index in [2.05, 4.69) is 15.1 Å². The van der Waals surface area contributed by atoms with Gasteiger partial charge in [-0.1, -0.05) is 66.2 Å². The highest BCUT2D eigenvalue weighted by Crippen LogP contribution is 2.39. The SMILES string of the molecule is CC(C[C@@H](Sc1ccccc1)N1CCN(C[C@H](O)CF)CC1)Nc1ccc(S(=O)(=O)NC(=O)c2ccc(N3CCC(C(O)c4ccccc4-c4ccc(Cl)cc4)CC3)cc2)cc1S(=O)(=O)C(F)(F)F. The number of piperidine rings is 1. The average Bonchev–Trinajstić information content (AvgIpc) is 3.34. The number of rotatable bonds is 18. The normalized spacial score (nSPS) is 17.5. The molecule has 5 aromatic carbocycles. The summed E-state index contributed by atoms with van der Waals surface area (Å²) in [4.78, 5) is 18.2. The van der Waals surface area contributed by atoms with E-state index in [4.69, 9.17) is 11.6 Å². The molecule has 0 saturated carbocycles. The molecule has 2 aliphatic heterocycles. The first-order valence-corrected chi connectivity index (χ1v) is 26.6. The largest absolute Gasteiger partial charge is 0.501 e. The molecule has 2 fully saturated rings. The fourth-order valence-corrected chi connectivity index (χ4v) is 12.2. The Labute approximate surface area is 409 Å². The lowest BCUT2D eigenvalue weighted by atomic mass is 9.84. The van der Waals surface area contributed by atoms with Crippen LogP contribution in [-0.2, 0) is 19.9 Å². The van der Waals surface area contributed by atoms with Gasteiger partial charge in [0.25, 0.3) is 25.8 Å². The third kappa shape index (κ3) is 13.0. The van der Waals surface area contributed by atoms with E-state index in [9.17, 15) is 49.4 Å². The van der Waals surface area contributed by atoms with Crippen LogP contribution in [-0.4, -0.2) is 118 Å². The number of sulfonamides is 1. The Morgan fingerprint density at radius 2 is 1.46 bits per heavy atom. The molecule has 2 aliphatic rings. The first kappa shape index (κ1) is 52.1. The molecular weight excluding hydrogens is 978 g/mol. The van der Waals surface area contributed by atoms with Gasteiger partial charge < -0.3 is 20.4 Å².